The van der Waals surface area contributed by atoms with Gasteiger partial charge in [0.05, 0.1) is 6.04 Å². The van der Waals surface area contributed by atoms with Gasteiger partial charge in [-0.3, -0.25) is 4.79 Å². The molecule has 124 valence electrons. The quantitative estimate of drug-likeness (QED) is 0.786. The van der Waals surface area contributed by atoms with E-state index in [4.69, 9.17) is 0 Å². The van der Waals surface area contributed by atoms with Crippen LogP contribution in [0.5, 0.6) is 0 Å². The number of rotatable bonds is 5. The highest BCUT2D eigenvalue weighted by atomic mass is 16.1. The van der Waals surface area contributed by atoms with Crippen molar-refractivity contribution in [2.24, 2.45) is 0 Å². The van der Waals surface area contributed by atoms with Gasteiger partial charge in [0.1, 0.15) is 11.3 Å². The second kappa shape index (κ2) is 6.84. The maximum Gasteiger partial charge on any atom is 0.271 e. The Bertz CT molecular complexity index is 839. The molecule has 2 heterocycles. The lowest BCUT2D eigenvalue weighted by atomic mass is 10.1. The molecule has 0 unspecified atom stereocenters. The van der Waals surface area contributed by atoms with Gasteiger partial charge in [0, 0.05) is 18.9 Å². The molecular formula is C19H22N4O. The van der Waals surface area contributed by atoms with E-state index in [1.54, 1.807) is 6.20 Å². The summed E-state index contributed by atoms with van der Waals surface area (Å²) in [4.78, 5) is 19.0. The van der Waals surface area contributed by atoms with Crippen molar-refractivity contribution in [3.63, 3.8) is 0 Å². The van der Waals surface area contributed by atoms with Crippen LogP contribution in [0.15, 0.2) is 54.9 Å². The van der Waals surface area contributed by atoms with Gasteiger partial charge in [-0.25, -0.2) is 4.98 Å². The van der Waals surface area contributed by atoms with Crippen LogP contribution in [0.2, 0.25) is 0 Å². The molecule has 0 fully saturated rings. The summed E-state index contributed by atoms with van der Waals surface area (Å²) in [7, 11) is 4.02. The van der Waals surface area contributed by atoms with Crippen LogP contribution in [0.25, 0.3) is 5.65 Å². The number of pyridine rings is 1. The SMILES string of the molecule is Cc1ccn2cc(C(=O)NC[C@H](c3ccccc3)N(C)C)nc2c1. The summed E-state index contributed by atoms with van der Waals surface area (Å²) >= 11 is 0. The Hall–Kier alpha value is -2.66. The van der Waals surface area contributed by atoms with E-state index in [-0.39, 0.29) is 11.9 Å². The molecule has 1 atom stereocenters. The monoisotopic (exact) mass is 322 g/mol. The summed E-state index contributed by atoms with van der Waals surface area (Å²) < 4.78 is 1.86. The highest BCUT2D eigenvalue weighted by molar-refractivity contribution is 5.92. The third-order valence-electron chi connectivity index (χ3n) is 4.11. The fourth-order valence-corrected chi connectivity index (χ4v) is 2.75. The predicted octanol–water partition coefficient (Wildman–Crippen LogP) is 2.68. The van der Waals surface area contributed by atoms with Crippen molar-refractivity contribution in [2.45, 2.75) is 13.0 Å². The Balaban J connectivity index is 1.73. The largest absolute Gasteiger partial charge is 0.349 e. The Kier molecular flexibility index (Phi) is 4.62. The molecule has 5 nitrogen and oxygen atoms in total. The summed E-state index contributed by atoms with van der Waals surface area (Å²) in [6.07, 6.45) is 3.68. The zero-order valence-electron chi connectivity index (χ0n) is 14.2. The first-order valence-electron chi connectivity index (χ1n) is 7.99. The lowest BCUT2D eigenvalue weighted by Gasteiger charge is -2.24. The van der Waals surface area contributed by atoms with Gasteiger partial charge < -0.3 is 14.6 Å². The fraction of sp³-hybridized carbons (Fsp3) is 0.263. The number of aromatic nitrogens is 2. The third kappa shape index (κ3) is 3.46. The molecule has 1 amide bonds. The molecule has 1 N–H and O–H groups in total. The van der Waals surface area contributed by atoms with E-state index in [0.717, 1.165) is 11.2 Å². The van der Waals surface area contributed by atoms with E-state index in [1.165, 1.54) is 5.56 Å². The van der Waals surface area contributed by atoms with Crippen molar-refractivity contribution in [3.8, 4) is 0 Å². The van der Waals surface area contributed by atoms with E-state index in [2.05, 4.69) is 27.3 Å². The average molecular weight is 322 g/mol. The van der Waals surface area contributed by atoms with Crippen molar-refractivity contribution in [3.05, 3.63) is 71.7 Å². The minimum Gasteiger partial charge on any atom is -0.349 e. The second-order valence-electron chi connectivity index (χ2n) is 6.20. The van der Waals surface area contributed by atoms with Crippen LogP contribution in [0.3, 0.4) is 0 Å². The fourth-order valence-electron chi connectivity index (χ4n) is 2.75. The molecule has 0 aliphatic heterocycles. The molecule has 3 rings (SSSR count). The van der Waals surface area contributed by atoms with Gasteiger partial charge in [-0.15, -0.1) is 0 Å². The smallest absolute Gasteiger partial charge is 0.271 e. The lowest BCUT2D eigenvalue weighted by Crippen LogP contribution is -2.34. The maximum absolute atomic E-state index is 12.5. The molecule has 0 spiro atoms. The number of hydrogen-bond acceptors (Lipinski definition) is 3. The van der Waals surface area contributed by atoms with Gasteiger partial charge >= 0.3 is 0 Å². The number of carbonyl (C=O) groups excluding carboxylic acids is 1. The molecule has 0 bridgehead atoms. The zero-order chi connectivity index (χ0) is 17.1. The lowest BCUT2D eigenvalue weighted by molar-refractivity contribution is 0.0937. The molecule has 3 aromatic rings. The molecule has 0 aliphatic carbocycles. The summed E-state index contributed by atoms with van der Waals surface area (Å²) in [6, 6.07) is 14.2. The molecule has 5 heteroatoms. The first kappa shape index (κ1) is 16.2. The van der Waals surface area contributed by atoms with Crippen LogP contribution in [0.4, 0.5) is 0 Å². The standard InChI is InChI=1S/C19H22N4O/c1-14-9-10-23-13-16(21-18(23)11-14)19(24)20-12-17(22(2)3)15-7-5-4-6-8-15/h4-11,13,17H,12H2,1-3H3,(H,20,24)/t17-/m1/s1. The number of benzene rings is 1. The number of nitrogens with zero attached hydrogens (tertiary/aromatic N) is 3. The zero-order valence-corrected chi connectivity index (χ0v) is 14.2. The topological polar surface area (TPSA) is 49.6 Å². The minimum atomic E-state index is -0.154. The summed E-state index contributed by atoms with van der Waals surface area (Å²) in [5.41, 5.74) is 3.52. The highest BCUT2D eigenvalue weighted by Gasteiger charge is 2.17. The molecule has 0 saturated heterocycles. The predicted molar refractivity (Wildman–Crippen MR) is 95.1 cm³/mol. The summed E-state index contributed by atoms with van der Waals surface area (Å²) in [5.74, 6) is -0.154. The number of fused-ring (bicyclic) bond motifs is 1. The summed E-state index contributed by atoms with van der Waals surface area (Å²) in [6.45, 7) is 2.54. The van der Waals surface area contributed by atoms with E-state index >= 15 is 0 Å². The van der Waals surface area contributed by atoms with Crippen LogP contribution in [0.1, 0.15) is 27.7 Å². The Morgan fingerprint density at radius 2 is 2.00 bits per heavy atom. The molecule has 1 aromatic carbocycles. The van der Waals surface area contributed by atoms with Crippen LogP contribution in [-0.4, -0.2) is 40.8 Å². The first-order valence-corrected chi connectivity index (χ1v) is 7.99. The number of nitrogens with one attached hydrogen (secondary N) is 1. The van der Waals surface area contributed by atoms with Crippen LogP contribution in [-0.2, 0) is 0 Å². The average Bonchev–Trinajstić information content (AvgIpc) is 2.98. The van der Waals surface area contributed by atoms with Crippen molar-refractivity contribution in [1.29, 1.82) is 0 Å². The van der Waals surface area contributed by atoms with Gasteiger partial charge in [-0.05, 0) is 44.3 Å². The van der Waals surface area contributed by atoms with Gasteiger partial charge in [0.25, 0.3) is 5.91 Å². The number of aryl methyl sites for hydroxylation is 1. The molecule has 24 heavy (non-hydrogen) atoms. The van der Waals surface area contributed by atoms with E-state index < -0.39 is 0 Å². The van der Waals surface area contributed by atoms with Gasteiger partial charge in [0.2, 0.25) is 0 Å². The number of hydrogen-bond donors (Lipinski definition) is 1. The Morgan fingerprint density at radius 1 is 1.25 bits per heavy atom. The number of imidazole rings is 1. The number of carbonyl (C=O) groups is 1. The van der Waals surface area contributed by atoms with Crippen molar-refractivity contribution < 1.29 is 4.79 Å². The molecule has 0 saturated carbocycles. The van der Waals surface area contributed by atoms with Gasteiger partial charge in [-0.2, -0.15) is 0 Å². The number of likely N-dealkylation sites (N-methyl/N-ethyl adjacent to an activating group) is 1. The third-order valence-corrected chi connectivity index (χ3v) is 4.11. The van der Waals surface area contributed by atoms with Crippen molar-refractivity contribution in [1.82, 2.24) is 19.6 Å². The second-order valence-corrected chi connectivity index (χ2v) is 6.20. The Morgan fingerprint density at radius 3 is 2.71 bits per heavy atom. The molecule has 0 radical (unpaired) electrons. The van der Waals surface area contributed by atoms with E-state index in [9.17, 15) is 4.79 Å². The van der Waals surface area contributed by atoms with Crippen LogP contribution >= 0.6 is 0 Å². The summed E-state index contributed by atoms with van der Waals surface area (Å²) in [5, 5.41) is 3.00. The highest BCUT2D eigenvalue weighted by Crippen LogP contribution is 2.17. The maximum atomic E-state index is 12.5. The molecule has 0 aliphatic rings. The van der Waals surface area contributed by atoms with Crippen LogP contribution < -0.4 is 5.32 Å². The first-order chi connectivity index (χ1) is 11.5. The van der Waals surface area contributed by atoms with Crippen LogP contribution in [0, 0.1) is 6.92 Å². The Labute approximate surface area is 141 Å². The normalized spacial score (nSPS) is 12.5. The van der Waals surface area contributed by atoms with Gasteiger partial charge in [0.15, 0.2) is 0 Å². The van der Waals surface area contributed by atoms with Gasteiger partial charge in [-0.1, -0.05) is 30.3 Å². The molecular weight excluding hydrogens is 300 g/mol. The minimum absolute atomic E-state index is 0.120. The van der Waals surface area contributed by atoms with E-state index in [1.807, 2.05) is 61.9 Å². The number of amides is 1. The van der Waals surface area contributed by atoms with E-state index in [0.29, 0.717) is 12.2 Å². The molecule has 2 aromatic heterocycles. The van der Waals surface area contributed by atoms with Crippen molar-refractivity contribution >= 4 is 11.6 Å². The van der Waals surface area contributed by atoms with Crippen molar-refractivity contribution in [2.75, 3.05) is 20.6 Å².